The highest BCUT2D eigenvalue weighted by Gasteiger charge is 2.31. The van der Waals surface area contributed by atoms with E-state index in [0.29, 0.717) is 23.2 Å². The predicted molar refractivity (Wildman–Crippen MR) is 136 cm³/mol. The van der Waals surface area contributed by atoms with Gasteiger partial charge in [0.2, 0.25) is 11.9 Å². The van der Waals surface area contributed by atoms with Gasteiger partial charge in [0.1, 0.15) is 6.23 Å². The Hall–Kier alpha value is -3.11. The summed E-state index contributed by atoms with van der Waals surface area (Å²) < 4.78 is 5.42. The molecule has 9 nitrogen and oxygen atoms in total. The highest BCUT2D eigenvalue weighted by atomic mass is 35.5. The zero-order valence-corrected chi connectivity index (χ0v) is 20.8. The number of aliphatic hydroxyl groups is 1. The van der Waals surface area contributed by atoms with E-state index in [1.54, 1.807) is 17.3 Å². The van der Waals surface area contributed by atoms with Crippen molar-refractivity contribution in [1.82, 2.24) is 25.2 Å². The zero-order chi connectivity index (χ0) is 25.1. The fourth-order valence-corrected chi connectivity index (χ4v) is 4.81. The van der Waals surface area contributed by atoms with E-state index >= 15 is 0 Å². The molecule has 1 unspecified atom stereocenters. The second kappa shape index (κ2) is 10.9. The van der Waals surface area contributed by atoms with Gasteiger partial charge in [-0.2, -0.15) is 0 Å². The van der Waals surface area contributed by atoms with Crippen molar-refractivity contribution in [3.05, 3.63) is 70.6 Å². The molecule has 188 valence electrons. The average Bonchev–Trinajstić information content (AvgIpc) is 3.20. The van der Waals surface area contributed by atoms with Crippen LogP contribution >= 0.6 is 11.6 Å². The molecule has 0 radical (unpaired) electrons. The van der Waals surface area contributed by atoms with Crippen LogP contribution in [0.15, 0.2) is 48.8 Å². The SMILES string of the molecule is C[C@@H](NC(=O)CN1Cc2ccc(-c3nc(NC4CCOCC4)ncc3Cl)cc2C1O)c1ccccn1. The number of nitrogens with one attached hydrogen (secondary N) is 2. The van der Waals surface area contributed by atoms with Gasteiger partial charge in [0, 0.05) is 43.1 Å². The first-order valence-electron chi connectivity index (χ1n) is 12.1. The number of hydrogen-bond acceptors (Lipinski definition) is 8. The lowest BCUT2D eigenvalue weighted by Gasteiger charge is -2.23. The normalized spacial score (nSPS) is 19.0. The lowest BCUT2D eigenvalue weighted by molar-refractivity contribution is -0.125. The summed E-state index contributed by atoms with van der Waals surface area (Å²) in [5.74, 6) is 0.338. The van der Waals surface area contributed by atoms with Crippen molar-refractivity contribution in [2.24, 2.45) is 0 Å². The van der Waals surface area contributed by atoms with Crippen LogP contribution in [-0.4, -0.2) is 56.7 Å². The van der Waals surface area contributed by atoms with E-state index in [4.69, 9.17) is 16.3 Å². The minimum Gasteiger partial charge on any atom is -0.381 e. The number of halogens is 1. The molecule has 2 aliphatic heterocycles. The van der Waals surface area contributed by atoms with Crippen LogP contribution in [-0.2, 0) is 16.1 Å². The van der Waals surface area contributed by atoms with Crippen LogP contribution in [0.1, 0.15) is 48.9 Å². The molecule has 2 atom stereocenters. The number of aliphatic hydroxyl groups excluding tert-OH is 1. The highest BCUT2D eigenvalue weighted by molar-refractivity contribution is 6.32. The standard InChI is InChI=1S/C26H29ClN6O3/c1-16(22-4-2-3-9-28-22)30-23(34)15-33-14-18-6-5-17(12-20(18)25(33)35)24-21(27)13-29-26(32-24)31-19-7-10-36-11-8-19/h2-6,9,12-13,16,19,25,35H,7-8,10-11,14-15H2,1H3,(H,30,34)(H,29,31,32)/t16-,25?/m1/s1. The number of ether oxygens (including phenoxy) is 1. The van der Waals surface area contributed by atoms with Gasteiger partial charge in [0.15, 0.2) is 0 Å². The summed E-state index contributed by atoms with van der Waals surface area (Å²) in [6.45, 7) is 3.86. The molecule has 0 bridgehead atoms. The molecule has 1 saturated heterocycles. The third kappa shape index (κ3) is 5.49. The molecule has 1 amide bonds. The van der Waals surface area contributed by atoms with Crippen molar-refractivity contribution in [2.45, 2.75) is 44.6 Å². The molecule has 2 aliphatic rings. The van der Waals surface area contributed by atoms with Gasteiger partial charge < -0.3 is 20.5 Å². The summed E-state index contributed by atoms with van der Waals surface area (Å²) in [6.07, 6.45) is 4.18. The maximum Gasteiger partial charge on any atom is 0.234 e. The van der Waals surface area contributed by atoms with Gasteiger partial charge in [0.25, 0.3) is 0 Å². The molecular formula is C26H29ClN6O3. The Morgan fingerprint density at radius 1 is 1.25 bits per heavy atom. The van der Waals surface area contributed by atoms with Gasteiger partial charge in [-0.3, -0.25) is 14.7 Å². The predicted octanol–water partition coefficient (Wildman–Crippen LogP) is 3.47. The van der Waals surface area contributed by atoms with Crippen LogP contribution in [0.3, 0.4) is 0 Å². The Morgan fingerprint density at radius 2 is 2.08 bits per heavy atom. The van der Waals surface area contributed by atoms with Crippen LogP contribution in [0.25, 0.3) is 11.3 Å². The molecule has 3 N–H and O–H groups in total. The second-order valence-corrected chi connectivity index (χ2v) is 9.56. The largest absolute Gasteiger partial charge is 0.381 e. The smallest absolute Gasteiger partial charge is 0.234 e. The van der Waals surface area contributed by atoms with Gasteiger partial charge >= 0.3 is 0 Å². The van der Waals surface area contributed by atoms with Crippen molar-refractivity contribution < 1.29 is 14.6 Å². The van der Waals surface area contributed by atoms with E-state index in [1.165, 1.54) is 0 Å². The maximum atomic E-state index is 12.7. The Morgan fingerprint density at radius 3 is 2.86 bits per heavy atom. The lowest BCUT2D eigenvalue weighted by Crippen LogP contribution is -2.37. The topological polar surface area (TPSA) is 113 Å². The molecule has 5 rings (SSSR count). The molecule has 0 aliphatic carbocycles. The summed E-state index contributed by atoms with van der Waals surface area (Å²) in [5, 5.41) is 17.7. The number of nitrogens with zero attached hydrogens (tertiary/aromatic N) is 4. The van der Waals surface area contributed by atoms with Crippen molar-refractivity contribution in [3.63, 3.8) is 0 Å². The summed E-state index contributed by atoms with van der Waals surface area (Å²) in [5.41, 5.74) is 3.87. The van der Waals surface area contributed by atoms with Gasteiger partial charge in [-0.15, -0.1) is 0 Å². The average molecular weight is 509 g/mol. The van der Waals surface area contributed by atoms with E-state index < -0.39 is 6.23 Å². The molecule has 10 heteroatoms. The Labute approximate surface area is 214 Å². The molecular weight excluding hydrogens is 480 g/mol. The van der Waals surface area contributed by atoms with E-state index in [-0.39, 0.29) is 24.5 Å². The molecule has 1 aromatic carbocycles. The monoisotopic (exact) mass is 508 g/mol. The van der Waals surface area contributed by atoms with Crippen LogP contribution in [0.5, 0.6) is 0 Å². The van der Waals surface area contributed by atoms with Crippen LogP contribution in [0.2, 0.25) is 5.02 Å². The van der Waals surface area contributed by atoms with Gasteiger partial charge in [-0.25, -0.2) is 9.97 Å². The van der Waals surface area contributed by atoms with Crippen molar-refractivity contribution in [3.8, 4) is 11.3 Å². The molecule has 3 aromatic rings. The van der Waals surface area contributed by atoms with E-state index in [1.807, 2.05) is 43.3 Å². The van der Waals surface area contributed by atoms with Crippen LogP contribution in [0, 0.1) is 0 Å². The van der Waals surface area contributed by atoms with E-state index in [2.05, 4.69) is 25.6 Å². The van der Waals surface area contributed by atoms with Gasteiger partial charge in [-0.1, -0.05) is 29.8 Å². The summed E-state index contributed by atoms with van der Waals surface area (Å²) in [6, 6.07) is 11.4. The molecule has 2 aromatic heterocycles. The second-order valence-electron chi connectivity index (χ2n) is 9.16. The Balaban J connectivity index is 1.27. The molecule has 4 heterocycles. The number of fused-ring (bicyclic) bond motifs is 1. The maximum absolute atomic E-state index is 12.7. The van der Waals surface area contributed by atoms with Gasteiger partial charge in [0.05, 0.1) is 35.2 Å². The van der Waals surface area contributed by atoms with Gasteiger partial charge in [-0.05, 0) is 43.5 Å². The number of hydrogen-bond donors (Lipinski definition) is 3. The number of pyridine rings is 1. The quantitative estimate of drug-likeness (QED) is 0.445. The number of benzene rings is 1. The van der Waals surface area contributed by atoms with Crippen molar-refractivity contribution in [2.75, 3.05) is 25.1 Å². The number of rotatable bonds is 7. The Kier molecular flexibility index (Phi) is 7.43. The number of amides is 1. The lowest BCUT2D eigenvalue weighted by atomic mass is 10.0. The Bertz CT molecular complexity index is 1220. The first-order chi connectivity index (χ1) is 17.5. The van der Waals surface area contributed by atoms with Crippen LogP contribution in [0.4, 0.5) is 5.95 Å². The molecule has 1 fully saturated rings. The third-order valence-electron chi connectivity index (χ3n) is 6.57. The first kappa shape index (κ1) is 24.6. The zero-order valence-electron chi connectivity index (χ0n) is 20.0. The summed E-state index contributed by atoms with van der Waals surface area (Å²) in [7, 11) is 0. The van der Waals surface area contributed by atoms with Crippen molar-refractivity contribution >= 4 is 23.5 Å². The number of anilines is 1. The number of carbonyl (C=O) groups is 1. The highest BCUT2D eigenvalue weighted by Crippen LogP contribution is 2.36. The number of carbonyl (C=O) groups excluding carboxylic acids is 1. The first-order valence-corrected chi connectivity index (χ1v) is 12.5. The minimum absolute atomic E-state index is 0.0653. The molecule has 0 spiro atoms. The summed E-state index contributed by atoms with van der Waals surface area (Å²) in [4.78, 5) is 27.7. The van der Waals surface area contributed by atoms with Crippen LogP contribution < -0.4 is 10.6 Å². The third-order valence-corrected chi connectivity index (χ3v) is 6.85. The van der Waals surface area contributed by atoms with E-state index in [9.17, 15) is 9.90 Å². The molecule has 36 heavy (non-hydrogen) atoms. The van der Waals surface area contributed by atoms with Crippen molar-refractivity contribution in [1.29, 1.82) is 0 Å². The fraction of sp³-hybridized carbons (Fsp3) is 0.385. The molecule has 0 saturated carbocycles. The number of aromatic nitrogens is 3. The summed E-state index contributed by atoms with van der Waals surface area (Å²) >= 11 is 6.45. The minimum atomic E-state index is -0.906. The fourth-order valence-electron chi connectivity index (χ4n) is 4.61. The van der Waals surface area contributed by atoms with E-state index in [0.717, 1.165) is 48.4 Å².